The molecule has 10 heteroatoms. The number of hydrogen-bond acceptors (Lipinski definition) is 6. The molecule has 1 amide bonds. The van der Waals surface area contributed by atoms with Gasteiger partial charge in [0.25, 0.3) is 5.91 Å². The summed E-state index contributed by atoms with van der Waals surface area (Å²) in [5, 5.41) is 4.15. The highest BCUT2D eigenvalue weighted by Gasteiger charge is 2.41. The Balaban J connectivity index is 1.48. The van der Waals surface area contributed by atoms with Crippen LogP contribution in [0.15, 0.2) is 41.4 Å². The molecule has 2 bridgehead atoms. The second-order valence-corrected chi connectivity index (χ2v) is 9.06. The van der Waals surface area contributed by atoms with E-state index in [0.717, 1.165) is 0 Å². The first kappa shape index (κ1) is 19.9. The fourth-order valence-corrected chi connectivity index (χ4v) is 5.35. The van der Waals surface area contributed by atoms with Crippen LogP contribution in [0.25, 0.3) is 0 Å². The van der Waals surface area contributed by atoms with Gasteiger partial charge in [-0.1, -0.05) is 0 Å². The molecule has 0 spiro atoms. The van der Waals surface area contributed by atoms with Crippen molar-refractivity contribution < 1.29 is 22.7 Å². The van der Waals surface area contributed by atoms with Crippen LogP contribution in [-0.4, -0.2) is 78.8 Å². The van der Waals surface area contributed by atoms with Crippen LogP contribution in [0, 0.1) is 0 Å². The van der Waals surface area contributed by atoms with Crippen molar-refractivity contribution in [1.82, 2.24) is 19.0 Å². The van der Waals surface area contributed by atoms with Gasteiger partial charge in [-0.3, -0.25) is 9.48 Å². The molecule has 0 radical (unpaired) electrons. The van der Waals surface area contributed by atoms with E-state index in [0.29, 0.717) is 31.1 Å². The molecule has 2 aliphatic rings. The topological polar surface area (TPSA) is 94.0 Å². The molecule has 3 heterocycles. The summed E-state index contributed by atoms with van der Waals surface area (Å²) < 4.78 is 40.2. The molecule has 1 aromatic heterocycles. The second kappa shape index (κ2) is 7.77. The van der Waals surface area contributed by atoms with Crippen LogP contribution >= 0.6 is 0 Å². The summed E-state index contributed by atoms with van der Waals surface area (Å²) in [7, 11) is -2.11. The van der Waals surface area contributed by atoms with E-state index >= 15 is 0 Å². The van der Waals surface area contributed by atoms with E-state index < -0.39 is 10.0 Å². The summed E-state index contributed by atoms with van der Waals surface area (Å²) in [5.41, 5.74) is 0.537. The minimum absolute atomic E-state index is 0.103. The van der Waals surface area contributed by atoms with Crippen molar-refractivity contribution in [2.75, 3.05) is 33.3 Å². The molecular weight excluding hydrogens is 396 g/mol. The monoisotopic (exact) mass is 420 g/mol. The summed E-state index contributed by atoms with van der Waals surface area (Å²) >= 11 is 0. The number of carbonyl (C=O) groups is 1. The molecule has 29 heavy (non-hydrogen) atoms. The van der Waals surface area contributed by atoms with Gasteiger partial charge in [0, 0.05) is 38.9 Å². The van der Waals surface area contributed by atoms with Gasteiger partial charge in [-0.15, -0.1) is 0 Å². The lowest BCUT2D eigenvalue weighted by molar-refractivity contribution is -0.113. The van der Waals surface area contributed by atoms with Gasteiger partial charge in [0.2, 0.25) is 10.0 Å². The van der Waals surface area contributed by atoms with Gasteiger partial charge in [0.05, 0.1) is 24.2 Å². The number of amides is 1. The third kappa shape index (κ3) is 3.75. The summed E-state index contributed by atoms with van der Waals surface area (Å²) in [6.45, 7) is 3.65. The Hall–Kier alpha value is -2.43. The maximum atomic E-state index is 13.0. The number of morpholine rings is 2. The Morgan fingerprint density at radius 3 is 2.38 bits per heavy atom. The molecule has 156 valence electrons. The Labute approximate surface area is 169 Å². The van der Waals surface area contributed by atoms with Crippen LogP contribution in [0.1, 0.15) is 17.4 Å². The number of carbonyl (C=O) groups excluding carboxylic acids is 1. The first-order chi connectivity index (χ1) is 13.9. The number of aryl methyl sites for hydroxylation is 1. The first-order valence-electron chi connectivity index (χ1n) is 9.53. The average molecular weight is 420 g/mol. The minimum atomic E-state index is -3.64. The number of ether oxygens (including phenoxy) is 2. The Morgan fingerprint density at radius 1 is 1.14 bits per heavy atom. The molecule has 0 saturated carbocycles. The summed E-state index contributed by atoms with van der Waals surface area (Å²) in [4.78, 5) is 14.9. The van der Waals surface area contributed by atoms with Crippen LogP contribution in [0.4, 0.5) is 0 Å². The minimum Gasteiger partial charge on any atom is -0.497 e. The number of benzene rings is 1. The Bertz CT molecular complexity index is 974. The number of aromatic nitrogens is 2. The smallest absolute Gasteiger partial charge is 0.272 e. The zero-order valence-corrected chi connectivity index (χ0v) is 17.2. The zero-order valence-electron chi connectivity index (χ0n) is 16.4. The van der Waals surface area contributed by atoms with Crippen LogP contribution < -0.4 is 4.74 Å². The number of fused-ring (bicyclic) bond motifs is 2. The van der Waals surface area contributed by atoms with E-state index in [1.54, 1.807) is 46.1 Å². The van der Waals surface area contributed by atoms with Gasteiger partial charge >= 0.3 is 0 Å². The fraction of sp³-hybridized carbons (Fsp3) is 0.474. The Morgan fingerprint density at radius 2 is 1.79 bits per heavy atom. The van der Waals surface area contributed by atoms with Crippen molar-refractivity contribution in [2.24, 2.45) is 0 Å². The maximum Gasteiger partial charge on any atom is 0.272 e. The highest BCUT2D eigenvalue weighted by molar-refractivity contribution is 7.89. The van der Waals surface area contributed by atoms with Crippen LogP contribution in [-0.2, 0) is 21.3 Å². The highest BCUT2D eigenvalue weighted by Crippen LogP contribution is 2.26. The number of sulfonamides is 1. The van der Waals surface area contributed by atoms with Gasteiger partial charge in [-0.2, -0.15) is 9.40 Å². The lowest BCUT2D eigenvalue weighted by Crippen LogP contribution is -2.61. The van der Waals surface area contributed by atoms with Gasteiger partial charge in [-0.05, 0) is 37.3 Å². The van der Waals surface area contributed by atoms with E-state index in [-0.39, 0.29) is 36.1 Å². The summed E-state index contributed by atoms with van der Waals surface area (Å²) in [6.07, 6.45) is 0.885. The van der Waals surface area contributed by atoms with Gasteiger partial charge in [0.15, 0.2) is 0 Å². The highest BCUT2D eigenvalue weighted by atomic mass is 32.2. The Kier molecular flexibility index (Phi) is 5.32. The van der Waals surface area contributed by atoms with E-state index in [4.69, 9.17) is 9.47 Å². The molecule has 0 aliphatic carbocycles. The molecular formula is C19H24N4O5S. The van der Waals surface area contributed by atoms with Gasteiger partial charge in [-0.25, -0.2) is 8.42 Å². The molecule has 2 atom stereocenters. The zero-order chi connectivity index (χ0) is 20.6. The van der Waals surface area contributed by atoms with Gasteiger partial charge < -0.3 is 14.4 Å². The average Bonchev–Trinajstić information content (AvgIpc) is 3.21. The third-order valence-corrected chi connectivity index (χ3v) is 7.11. The molecule has 2 unspecified atom stereocenters. The lowest BCUT2D eigenvalue weighted by atomic mass is 10.1. The quantitative estimate of drug-likeness (QED) is 0.711. The molecule has 1 aromatic carbocycles. The summed E-state index contributed by atoms with van der Waals surface area (Å²) in [5.74, 6) is 0.498. The van der Waals surface area contributed by atoms with Gasteiger partial charge in [0.1, 0.15) is 11.4 Å². The largest absolute Gasteiger partial charge is 0.497 e. The van der Waals surface area contributed by atoms with E-state index in [1.807, 2.05) is 6.92 Å². The number of hydrogen-bond donors (Lipinski definition) is 0. The van der Waals surface area contributed by atoms with Crippen molar-refractivity contribution in [3.63, 3.8) is 0 Å². The number of methoxy groups -OCH3 is 1. The molecule has 2 saturated heterocycles. The first-order valence-corrected chi connectivity index (χ1v) is 11.0. The van der Waals surface area contributed by atoms with Crippen molar-refractivity contribution in [2.45, 2.75) is 30.6 Å². The van der Waals surface area contributed by atoms with Crippen molar-refractivity contribution in [3.8, 4) is 5.75 Å². The maximum absolute atomic E-state index is 13.0. The second-order valence-electron chi connectivity index (χ2n) is 7.12. The van der Waals surface area contributed by atoms with Crippen LogP contribution in [0.2, 0.25) is 0 Å². The SMILES string of the molecule is CCn1nccc1C(=O)N1CC2CN(S(=O)(=O)c3ccc(OC)cc3)CC(C1)O2. The van der Waals surface area contributed by atoms with Crippen molar-refractivity contribution >= 4 is 15.9 Å². The predicted molar refractivity (Wildman–Crippen MR) is 104 cm³/mol. The van der Waals surface area contributed by atoms with E-state index in [1.165, 1.54) is 11.4 Å². The molecule has 2 aliphatic heterocycles. The van der Waals surface area contributed by atoms with E-state index in [2.05, 4.69) is 5.10 Å². The normalized spacial score (nSPS) is 22.5. The summed E-state index contributed by atoms with van der Waals surface area (Å²) in [6, 6.07) is 8.05. The number of rotatable bonds is 5. The fourth-order valence-electron chi connectivity index (χ4n) is 3.84. The molecule has 2 aromatic rings. The standard InChI is InChI=1S/C19H24N4O5S/c1-3-23-18(8-9-20-23)19(24)21-10-15-12-22(13-16(11-21)28-15)29(25,26)17-6-4-14(27-2)5-7-17/h4-9,15-16H,3,10-13H2,1-2H3. The number of nitrogens with zero attached hydrogens (tertiary/aromatic N) is 4. The molecule has 0 N–H and O–H groups in total. The van der Waals surface area contributed by atoms with Crippen LogP contribution in [0.5, 0.6) is 5.75 Å². The van der Waals surface area contributed by atoms with Crippen LogP contribution in [0.3, 0.4) is 0 Å². The lowest BCUT2D eigenvalue weighted by Gasteiger charge is -2.45. The molecule has 9 nitrogen and oxygen atoms in total. The third-order valence-electron chi connectivity index (χ3n) is 5.27. The molecule has 2 fully saturated rings. The predicted octanol–water partition coefficient (Wildman–Crippen LogP) is 0.826. The molecule has 4 rings (SSSR count). The van der Waals surface area contributed by atoms with E-state index in [9.17, 15) is 13.2 Å². The van der Waals surface area contributed by atoms with Crippen molar-refractivity contribution in [3.05, 3.63) is 42.2 Å². The van der Waals surface area contributed by atoms with Crippen molar-refractivity contribution in [1.29, 1.82) is 0 Å².